The Kier molecular flexibility index (Phi) is 8.18. The van der Waals surface area contributed by atoms with Gasteiger partial charge in [0.15, 0.2) is 15.8 Å². The first-order valence-electron chi connectivity index (χ1n) is 8.98. The maximum absolute atomic E-state index is 11.6. The third kappa shape index (κ3) is 7.21. The number of hydrogen-bond acceptors (Lipinski definition) is 5. The van der Waals surface area contributed by atoms with Gasteiger partial charge in [-0.15, -0.1) is 0 Å². The number of ether oxygens (including phenoxy) is 2. The van der Waals surface area contributed by atoms with Crippen molar-refractivity contribution in [2.24, 2.45) is 4.99 Å². The van der Waals surface area contributed by atoms with Crippen LogP contribution in [-0.4, -0.2) is 58.8 Å². The van der Waals surface area contributed by atoms with Crippen LogP contribution in [0.15, 0.2) is 29.3 Å². The van der Waals surface area contributed by atoms with Gasteiger partial charge in [0.05, 0.1) is 24.7 Å². The van der Waals surface area contributed by atoms with E-state index in [1.54, 1.807) is 7.11 Å². The second-order valence-electron chi connectivity index (χ2n) is 6.28. The molecule has 0 spiro atoms. The lowest BCUT2D eigenvalue weighted by Crippen LogP contribution is -2.44. The molecule has 26 heavy (non-hydrogen) atoms. The Hall–Kier alpha value is -1.80. The number of rotatable bonds is 9. The first kappa shape index (κ1) is 20.5. The van der Waals surface area contributed by atoms with Crippen LogP contribution in [0.1, 0.15) is 25.3 Å². The number of nitrogens with zero attached hydrogens (tertiary/aromatic N) is 1. The molecule has 0 bridgehead atoms. The van der Waals surface area contributed by atoms with E-state index < -0.39 is 9.84 Å². The van der Waals surface area contributed by atoms with E-state index in [0.29, 0.717) is 38.7 Å². The Labute approximate surface area is 156 Å². The monoisotopic (exact) mass is 383 g/mol. The molecule has 1 saturated heterocycles. The summed E-state index contributed by atoms with van der Waals surface area (Å²) < 4.78 is 33.9. The summed E-state index contributed by atoms with van der Waals surface area (Å²) in [6.45, 7) is 4.48. The first-order chi connectivity index (χ1) is 12.5. The highest BCUT2D eigenvalue weighted by atomic mass is 32.2. The Morgan fingerprint density at radius 1 is 1.35 bits per heavy atom. The van der Waals surface area contributed by atoms with Gasteiger partial charge in [0.2, 0.25) is 0 Å². The minimum Gasteiger partial charge on any atom is -0.493 e. The first-order valence-corrected chi connectivity index (χ1v) is 10.8. The van der Waals surface area contributed by atoms with Crippen LogP contribution in [0.4, 0.5) is 0 Å². The normalized spacial score (nSPS) is 19.3. The lowest BCUT2D eigenvalue weighted by molar-refractivity contribution is 0.172. The van der Waals surface area contributed by atoms with Crippen LogP contribution < -0.4 is 15.4 Å². The number of benzene rings is 1. The summed E-state index contributed by atoms with van der Waals surface area (Å²) >= 11 is 0. The highest BCUT2D eigenvalue weighted by Crippen LogP contribution is 2.15. The zero-order valence-corrected chi connectivity index (χ0v) is 16.3. The number of aliphatic imine (C=N–C) groups is 1. The van der Waals surface area contributed by atoms with Crippen molar-refractivity contribution in [3.63, 3.8) is 0 Å². The highest BCUT2D eigenvalue weighted by Gasteiger charge is 2.28. The van der Waals surface area contributed by atoms with Crippen molar-refractivity contribution in [1.29, 1.82) is 0 Å². The van der Waals surface area contributed by atoms with Crippen molar-refractivity contribution in [1.82, 2.24) is 10.6 Å². The molecule has 2 rings (SSSR count). The predicted molar refractivity (Wildman–Crippen MR) is 103 cm³/mol. The maximum atomic E-state index is 11.6. The van der Waals surface area contributed by atoms with Gasteiger partial charge in [0.25, 0.3) is 0 Å². The summed E-state index contributed by atoms with van der Waals surface area (Å²) in [5.41, 5.74) is 1.03. The molecule has 1 unspecified atom stereocenters. The second-order valence-corrected chi connectivity index (χ2v) is 8.51. The minimum atomic E-state index is -2.91. The lowest BCUT2D eigenvalue weighted by Gasteiger charge is -2.16. The van der Waals surface area contributed by atoms with E-state index in [4.69, 9.17) is 9.47 Å². The van der Waals surface area contributed by atoms with Crippen molar-refractivity contribution in [2.45, 2.75) is 32.4 Å². The van der Waals surface area contributed by atoms with Crippen molar-refractivity contribution >= 4 is 15.8 Å². The predicted octanol–water partition coefficient (Wildman–Crippen LogP) is 1.34. The molecule has 1 atom stereocenters. The molecule has 0 aromatic heterocycles. The van der Waals surface area contributed by atoms with E-state index in [1.165, 1.54) is 0 Å². The van der Waals surface area contributed by atoms with Crippen LogP contribution in [0, 0.1) is 0 Å². The molecule has 1 aliphatic rings. The van der Waals surface area contributed by atoms with Gasteiger partial charge < -0.3 is 20.1 Å². The number of sulfone groups is 1. The van der Waals surface area contributed by atoms with Crippen LogP contribution in [0.3, 0.4) is 0 Å². The molecular formula is C18H29N3O4S. The van der Waals surface area contributed by atoms with Gasteiger partial charge in [0, 0.05) is 32.7 Å². The molecular weight excluding hydrogens is 354 g/mol. The van der Waals surface area contributed by atoms with Crippen LogP contribution >= 0.6 is 0 Å². The van der Waals surface area contributed by atoms with Crippen molar-refractivity contribution in [3.05, 3.63) is 29.8 Å². The third-order valence-electron chi connectivity index (χ3n) is 4.00. The summed E-state index contributed by atoms with van der Waals surface area (Å²) in [6.07, 6.45) is 1.47. The summed E-state index contributed by atoms with van der Waals surface area (Å²) in [5, 5.41) is 6.39. The number of methoxy groups -OCH3 is 1. The fourth-order valence-corrected chi connectivity index (χ4v) is 4.39. The summed E-state index contributed by atoms with van der Waals surface area (Å²) in [4.78, 5) is 4.57. The van der Waals surface area contributed by atoms with Gasteiger partial charge in [0.1, 0.15) is 5.75 Å². The number of guanidine groups is 1. The molecule has 1 aromatic rings. The topological polar surface area (TPSA) is 89.0 Å². The fraction of sp³-hybridized carbons (Fsp3) is 0.611. The molecule has 8 heteroatoms. The molecule has 1 heterocycles. The van der Waals surface area contributed by atoms with Crippen LogP contribution in [0.25, 0.3) is 0 Å². The smallest absolute Gasteiger partial charge is 0.191 e. The average Bonchev–Trinajstić information content (AvgIpc) is 2.96. The fourth-order valence-electron chi connectivity index (χ4n) is 2.72. The summed E-state index contributed by atoms with van der Waals surface area (Å²) in [6, 6.07) is 7.76. The molecule has 0 amide bonds. The molecule has 0 aliphatic carbocycles. The molecule has 0 radical (unpaired) electrons. The molecule has 1 fully saturated rings. The zero-order chi connectivity index (χ0) is 18.8. The maximum Gasteiger partial charge on any atom is 0.191 e. The Balaban J connectivity index is 1.91. The Morgan fingerprint density at radius 2 is 2.19 bits per heavy atom. The van der Waals surface area contributed by atoms with E-state index >= 15 is 0 Å². The molecule has 7 nitrogen and oxygen atoms in total. The SMILES string of the molecule is CCNC(=NCc1cccc(OCCCOC)c1)NC1CCS(=O)(=O)C1. The van der Waals surface area contributed by atoms with Gasteiger partial charge in [-0.25, -0.2) is 13.4 Å². The van der Waals surface area contributed by atoms with Crippen molar-refractivity contribution in [3.8, 4) is 5.75 Å². The molecule has 1 aromatic carbocycles. The van der Waals surface area contributed by atoms with Gasteiger partial charge >= 0.3 is 0 Å². The van der Waals surface area contributed by atoms with Gasteiger partial charge in [-0.1, -0.05) is 12.1 Å². The standard InChI is InChI=1S/C18H29N3O4S/c1-3-19-18(21-16-8-11-26(22,23)14-16)20-13-15-6-4-7-17(12-15)25-10-5-9-24-2/h4,6-7,12,16H,3,5,8-11,13-14H2,1-2H3,(H2,19,20,21). The summed E-state index contributed by atoms with van der Waals surface area (Å²) in [5.74, 6) is 1.86. The minimum absolute atomic E-state index is 0.0757. The lowest BCUT2D eigenvalue weighted by atomic mass is 10.2. The third-order valence-corrected chi connectivity index (χ3v) is 5.77. The molecule has 1 aliphatic heterocycles. The molecule has 146 valence electrons. The highest BCUT2D eigenvalue weighted by molar-refractivity contribution is 7.91. The van der Waals surface area contributed by atoms with E-state index in [0.717, 1.165) is 17.7 Å². The zero-order valence-electron chi connectivity index (χ0n) is 15.5. The number of nitrogens with one attached hydrogen (secondary N) is 2. The van der Waals surface area contributed by atoms with Crippen LogP contribution in [0.2, 0.25) is 0 Å². The van der Waals surface area contributed by atoms with Crippen LogP contribution in [0.5, 0.6) is 5.75 Å². The van der Waals surface area contributed by atoms with Crippen molar-refractivity contribution < 1.29 is 17.9 Å². The quantitative estimate of drug-likeness (QED) is 0.380. The van der Waals surface area contributed by atoms with E-state index in [1.807, 2.05) is 31.2 Å². The molecule has 2 N–H and O–H groups in total. The number of hydrogen-bond donors (Lipinski definition) is 2. The van der Waals surface area contributed by atoms with E-state index in [9.17, 15) is 8.42 Å². The van der Waals surface area contributed by atoms with Crippen LogP contribution in [-0.2, 0) is 21.1 Å². The molecule has 0 saturated carbocycles. The van der Waals surface area contributed by atoms with Gasteiger partial charge in [-0.05, 0) is 31.0 Å². The Bertz CT molecular complexity index is 691. The summed E-state index contributed by atoms with van der Waals surface area (Å²) in [7, 11) is -1.24. The van der Waals surface area contributed by atoms with E-state index in [2.05, 4.69) is 15.6 Å². The second kappa shape index (κ2) is 10.4. The van der Waals surface area contributed by atoms with Gasteiger partial charge in [-0.2, -0.15) is 0 Å². The largest absolute Gasteiger partial charge is 0.493 e. The van der Waals surface area contributed by atoms with Gasteiger partial charge in [-0.3, -0.25) is 0 Å². The Morgan fingerprint density at radius 3 is 2.88 bits per heavy atom. The average molecular weight is 384 g/mol. The van der Waals surface area contributed by atoms with Crippen molar-refractivity contribution in [2.75, 3.05) is 38.4 Å². The van der Waals surface area contributed by atoms with E-state index in [-0.39, 0.29) is 17.5 Å².